The molecule has 21 nitrogen and oxygen atoms in total. The van der Waals surface area contributed by atoms with Gasteiger partial charge < -0.3 is 70.9 Å². The number of ether oxygens (including phenoxy) is 10. The summed E-state index contributed by atoms with van der Waals surface area (Å²) in [6, 6.07) is 12.0. The predicted molar refractivity (Wildman–Crippen MR) is 286 cm³/mol. The molecule has 0 saturated carbocycles. The van der Waals surface area contributed by atoms with E-state index in [1.165, 1.54) is 18.2 Å². The molecule has 0 radical (unpaired) electrons. The lowest BCUT2D eigenvalue weighted by Gasteiger charge is -2.30. The number of anilines is 1. The van der Waals surface area contributed by atoms with Gasteiger partial charge in [-0.05, 0) is 85.2 Å². The Bertz CT molecular complexity index is 2530. The van der Waals surface area contributed by atoms with E-state index in [1.54, 1.807) is 37.3 Å². The van der Waals surface area contributed by atoms with Crippen LogP contribution in [-0.4, -0.2) is 196 Å². The fourth-order valence-corrected chi connectivity index (χ4v) is 9.52. The number of carboxylic acid groups (broad SMARTS) is 1. The topological polar surface area (TPSA) is 263 Å². The van der Waals surface area contributed by atoms with Crippen LogP contribution in [0.4, 0.5) is 5.69 Å². The summed E-state index contributed by atoms with van der Waals surface area (Å²) in [5.74, 6) is -0.545. The monoisotopic (exact) mass is 1130 g/mol. The smallest absolute Gasteiger partial charge is 0.303 e. The number of hydrogen-bond donors (Lipinski definition) is 1. The number of fused-ring (bicyclic) bond motifs is 2. The van der Waals surface area contributed by atoms with Crippen molar-refractivity contribution in [2.45, 2.75) is 69.1 Å². The summed E-state index contributed by atoms with van der Waals surface area (Å²) in [7, 11) is -6.19. The lowest BCUT2D eigenvalue weighted by molar-refractivity contribution is -0.137. The van der Waals surface area contributed by atoms with Gasteiger partial charge in [-0.1, -0.05) is 26.8 Å². The van der Waals surface area contributed by atoms with Crippen LogP contribution in [-0.2, 0) is 83.2 Å². The second kappa shape index (κ2) is 34.1. The van der Waals surface area contributed by atoms with Crippen molar-refractivity contribution in [2.75, 3.05) is 163 Å². The van der Waals surface area contributed by atoms with E-state index in [-0.39, 0.29) is 37.6 Å². The summed E-state index contributed by atoms with van der Waals surface area (Å²) in [4.78, 5) is 13.0. The van der Waals surface area contributed by atoms with Crippen molar-refractivity contribution in [3.63, 3.8) is 0 Å². The van der Waals surface area contributed by atoms with Gasteiger partial charge in [0.05, 0.1) is 127 Å². The highest BCUT2D eigenvalue weighted by molar-refractivity contribution is 7.86. The zero-order chi connectivity index (χ0) is 56.2. The Kier molecular flexibility index (Phi) is 28.9. The third-order valence-corrected chi connectivity index (χ3v) is 14.0. The molecule has 2 heterocycles. The molecule has 0 saturated heterocycles. The maximum absolute atomic E-state index is 12.2. The molecule has 0 spiro atoms. The van der Waals surface area contributed by atoms with Crippen molar-refractivity contribution in [3.05, 3.63) is 82.6 Å². The third kappa shape index (κ3) is 23.6. The maximum Gasteiger partial charge on any atom is 0.303 e. The molecule has 1 aromatic rings. The van der Waals surface area contributed by atoms with Gasteiger partial charge in [0.1, 0.15) is 34.9 Å². The lowest BCUT2D eigenvalue weighted by atomic mass is 9.77. The normalized spacial score (nSPS) is 15.6. The summed E-state index contributed by atoms with van der Waals surface area (Å²) in [6.07, 6.45) is 5.54. The number of nitrogens with zero attached hydrogens (tertiary/aromatic N) is 2. The number of allylic oxidation sites excluding steroid dienone is 3. The van der Waals surface area contributed by atoms with Crippen LogP contribution in [0, 0.1) is 0 Å². The van der Waals surface area contributed by atoms with Gasteiger partial charge in [-0.15, -0.1) is 0 Å². The van der Waals surface area contributed by atoms with Crippen molar-refractivity contribution < 1.29 is 87.6 Å². The minimum absolute atomic E-state index is 0.0542. The minimum atomic E-state index is -4.88. The van der Waals surface area contributed by atoms with Gasteiger partial charge in [0.2, 0.25) is 5.36 Å². The first-order valence-electron chi connectivity index (χ1n) is 26.0. The zero-order valence-corrected chi connectivity index (χ0v) is 47.3. The van der Waals surface area contributed by atoms with E-state index < -0.39 is 42.3 Å². The molecule has 4 rings (SSSR count). The molecule has 3 aliphatic rings. The lowest BCUT2D eigenvalue weighted by Crippen LogP contribution is -2.36. The second-order valence-corrected chi connectivity index (χ2v) is 22.2. The van der Waals surface area contributed by atoms with E-state index in [4.69, 9.17) is 51.8 Å². The molecule has 0 fully saturated rings. The van der Waals surface area contributed by atoms with Crippen LogP contribution >= 0.6 is 0 Å². The highest BCUT2D eigenvalue weighted by Gasteiger charge is 2.43. The fourth-order valence-electron chi connectivity index (χ4n) is 8.54. The van der Waals surface area contributed by atoms with E-state index >= 15 is 0 Å². The summed E-state index contributed by atoms with van der Waals surface area (Å²) in [6.45, 7) is 17.4. The van der Waals surface area contributed by atoms with Crippen molar-refractivity contribution in [1.29, 1.82) is 0 Å². The average molecular weight is 1130 g/mol. The average Bonchev–Trinajstić information content (AvgIpc) is 3.59. The number of carboxylic acids is 1. The molecule has 77 heavy (non-hydrogen) atoms. The van der Waals surface area contributed by atoms with Crippen LogP contribution in [0.5, 0.6) is 0 Å². The molecule has 0 amide bonds. The number of rotatable bonds is 41. The van der Waals surface area contributed by atoms with Crippen molar-refractivity contribution in [2.24, 2.45) is 0 Å². The van der Waals surface area contributed by atoms with Gasteiger partial charge in [0.25, 0.3) is 0 Å². The van der Waals surface area contributed by atoms with Crippen LogP contribution in [0.3, 0.4) is 0 Å². The minimum Gasteiger partial charge on any atom is -0.748 e. The Hall–Kier alpha value is -4.18. The van der Waals surface area contributed by atoms with Crippen LogP contribution in [0.1, 0.15) is 70.3 Å². The first-order valence-corrected chi connectivity index (χ1v) is 29.0. The van der Waals surface area contributed by atoms with E-state index in [9.17, 15) is 35.8 Å². The zero-order valence-electron chi connectivity index (χ0n) is 45.7. The molecule has 0 aromatic heterocycles. The highest BCUT2D eigenvalue weighted by Crippen LogP contribution is 2.51. The van der Waals surface area contributed by atoms with Crippen LogP contribution in [0.25, 0.3) is 17.4 Å². The number of hydrogen-bond acceptors (Lipinski definition) is 19. The van der Waals surface area contributed by atoms with Crippen LogP contribution < -0.4 is 14.8 Å². The number of aliphatic carboxylic acids is 1. The number of carbonyl (C=O) groups is 1. The van der Waals surface area contributed by atoms with Crippen molar-refractivity contribution in [3.8, 4) is 11.3 Å². The Labute approximate surface area is 454 Å². The molecular formula is C54H81N2O19S2-. The molecule has 434 valence electrons. The molecule has 1 aliphatic carbocycles. The van der Waals surface area contributed by atoms with Crippen molar-refractivity contribution in [1.82, 2.24) is 4.58 Å². The Morgan fingerprint density at radius 2 is 1.21 bits per heavy atom. The van der Waals surface area contributed by atoms with E-state index in [2.05, 4.69) is 25.3 Å². The molecule has 0 bridgehead atoms. The van der Waals surface area contributed by atoms with Crippen LogP contribution in [0.2, 0.25) is 0 Å². The summed E-state index contributed by atoms with van der Waals surface area (Å²) in [5, 5.41) is 10.4. The standard InChI is InChI=1S/C54H82N2O19S2/c1-53(2,3)47-41-44(10-7-11-51-54(4,17-8-12-52(57)58)48-42-45(77(62,63)64)14-16-49(48)56(51)18-9-39-76(59,60)61)75-50-40-43(13-15-46(47)50)55(19-21-67-27-29-71-35-37-73-33-31-69-25-23-65-5)20-22-68-28-30-72-36-38-74-34-32-70-26-24-66-6/h7,10-11,13-16,40-42H,8-9,12,17-39H2,1-6H3,(H2-,57,58,59,60,61,62,63,64)/p-1. The molecule has 1 atom stereocenters. The Morgan fingerprint density at radius 1 is 0.701 bits per heavy atom. The van der Waals surface area contributed by atoms with E-state index in [0.29, 0.717) is 160 Å². The molecule has 1 aromatic carbocycles. The molecule has 23 heteroatoms. The highest BCUT2D eigenvalue weighted by atomic mass is 32.2. The van der Waals surface area contributed by atoms with Gasteiger partial charge in [-0.25, -0.2) is 21.4 Å². The fraction of sp³-hybridized carbons (Fsp3) is 0.630. The Morgan fingerprint density at radius 3 is 1.68 bits per heavy atom. The summed E-state index contributed by atoms with van der Waals surface area (Å²) < 4.78 is 136. The van der Waals surface area contributed by atoms with Crippen molar-refractivity contribution >= 4 is 38.0 Å². The molecule has 2 aliphatic heterocycles. The van der Waals surface area contributed by atoms with Gasteiger partial charge in [-0.2, -0.15) is 0 Å². The van der Waals surface area contributed by atoms with Crippen LogP contribution in [0.15, 0.2) is 69.6 Å². The molecule has 1 unspecified atom stereocenters. The predicted octanol–water partition coefficient (Wildman–Crippen LogP) is 4.65. The number of benzene rings is 2. The third-order valence-electron chi connectivity index (χ3n) is 12.4. The number of methoxy groups -OCH3 is 2. The van der Waals surface area contributed by atoms with E-state index in [0.717, 1.165) is 16.5 Å². The molecule has 1 N–H and O–H groups in total. The second-order valence-electron chi connectivity index (χ2n) is 19.3. The summed E-state index contributed by atoms with van der Waals surface area (Å²) in [5.41, 5.74) is 2.11. The first kappa shape index (κ1) is 65.3. The quantitative estimate of drug-likeness (QED) is 0.0460. The SMILES string of the molecule is COCCOCCOCCOCCOCC[N+](CCOCCOCCOCCOCCOC)=c1ccc2c(C(C)(C)C)cc(/C=C/C=C3/N(CCCS(=O)(=O)[O-])c4ccc(S(=O)(=O)[O-])cc4C3(C)CCCC(=O)O)oc-2c1. The van der Waals surface area contributed by atoms with Gasteiger partial charge in [0.15, 0.2) is 13.1 Å². The molecular weight excluding hydrogens is 1040 g/mol. The largest absolute Gasteiger partial charge is 0.748 e. The first-order chi connectivity index (χ1) is 36.8. The van der Waals surface area contributed by atoms with Gasteiger partial charge in [-0.3, -0.25) is 4.79 Å². The maximum atomic E-state index is 12.2. The van der Waals surface area contributed by atoms with E-state index in [1.807, 2.05) is 31.2 Å². The summed E-state index contributed by atoms with van der Waals surface area (Å²) >= 11 is 0. The van der Waals surface area contributed by atoms with Gasteiger partial charge in [0, 0.05) is 61.4 Å². The van der Waals surface area contributed by atoms with Gasteiger partial charge >= 0.3 is 5.97 Å². The Balaban J connectivity index is 1.60.